The van der Waals surface area contributed by atoms with E-state index in [4.69, 9.17) is 10.5 Å². The number of ether oxygens (including phenoxy) is 1. The smallest absolute Gasteiger partial charge is 0.165 e. The first-order chi connectivity index (χ1) is 8.43. The van der Waals surface area contributed by atoms with E-state index < -0.39 is 11.6 Å². The standard InChI is InChI=1S/C13H20F2N2O/c1-9(16)4-5-17(2)8-10-6-12(15)13(18-3)7-11(10)14/h6-7,9H,4-5,8,16H2,1-3H3. The van der Waals surface area contributed by atoms with E-state index in [-0.39, 0.29) is 11.8 Å². The molecule has 1 unspecified atom stereocenters. The van der Waals surface area contributed by atoms with Crippen molar-refractivity contribution in [2.45, 2.75) is 25.9 Å². The summed E-state index contributed by atoms with van der Waals surface area (Å²) in [6.45, 7) is 3.01. The molecule has 102 valence electrons. The summed E-state index contributed by atoms with van der Waals surface area (Å²) in [7, 11) is 3.16. The highest BCUT2D eigenvalue weighted by atomic mass is 19.1. The maximum Gasteiger partial charge on any atom is 0.165 e. The molecule has 0 spiro atoms. The van der Waals surface area contributed by atoms with Crippen molar-refractivity contribution < 1.29 is 13.5 Å². The molecule has 1 atom stereocenters. The lowest BCUT2D eigenvalue weighted by molar-refractivity contribution is 0.306. The van der Waals surface area contributed by atoms with Gasteiger partial charge in [-0.05, 0) is 33.0 Å². The summed E-state index contributed by atoms with van der Waals surface area (Å²) < 4.78 is 31.9. The summed E-state index contributed by atoms with van der Waals surface area (Å²) in [5, 5.41) is 0. The molecule has 0 heterocycles. The third-order valence-corrected chi connectivity index (χ3v) is 2.73. The molecule has 3 nitrogen and oxygen atoms in total. The van der Waals surface area contributed by atoms with Crippen molar-refractivity contribution in [3.8, 4) is 5.75 Å². The van der Waals surface area contributed by atoms with Gasteiger partial charge in [0.05, 0.1) is 7.11 Å². The minimum atomic E-state index is -0.547. The normalized spacial score (nSPS) is 12.8. The van der Waals surface area contributed by atoms with E-state index in [9.17, 15) is 8.78 Å². The molecule has 2 N–H and O–H groups in total. The fourth-order valence-electron chi connectivity index (χ4n) is 1.64. The Bertz CT molecular complexity index is 397. The lowest BCUT2D eigenvalue weighted by Gasteiger charge is -2.18. The number of hydrogen-bond acceptors (Lipinski definition) is 3. The number of benzene rings is 1. The molecule has 0 bridgehead atoms. The molecular formula is C13H20F2N2O. The minimum Gasteiger partial charge on any atom is -0.494 e. The summed E-state index contributed by atoms with van der Waals surface area (Å²) in [6, 6.07) is 2.35. The number of halogens is 2. The Morgan fingerprint density at radius 2 is 2.00 bits per heavy atom. The fraction of sp³-hybridized carbons (Fsp3) is 0.538. The summed E-state index contributed by atoms with van der Waals surface area (Å²) in [5.74, 6) is -1.08. The van der Waals surface area contributed by atoms with E-state index >= 15 is 0 Å². The van der Waals surface area contributed by atoms with Gasteiger partial charge in [0.2, 0.25) is 0 Å². The van der Waals surface area contributed by atoms with Gasteiger partial charge in [0.1, 0.15) is 5.82 Å². The van der Waals surface area contributed by atoms with Crippen LogP contribution in [0, 0.1) is 11.6 Å². The average Bonchev–Trinajstić information content (AvgIpc) is 2.30. The highest BCUT2D eigenvalue weighted by Crippen LogP contribution is 2.22. The maximum atomic E-state index is 13.7. The van der Waals surface area contributed by atoms with Crippen LogP contribution in [0.5, 0.6) is 5.75 Å². The molecule has 0 aliphatic rings. The molecule has 0 amide bonds. The van der Waals surface area contributed by atoms with Gasteiger partial charge in [-0.25, -0.2) is 8.78 Å². The summed E-state index contributed by atoms with van der Waals surface area (Å²) in [6.07, 6.45) is 0.816. The fourth-order valence-corrected chi connectivity index (χ4v) is 1.64. The van der Waals surface area contributed by atoms with Gasteiger partial charge in [0, 0.05) is 24.2 Å². The molecule has 0 aliphatic heterocycles. The Morgan fingerprint density at radius 1 is 1.33 bits per heavy atom. The van der Waals surface area contributed by atoms with Gasteiger partial charge >= 0.3 is 0 Å². The molecule has 0 saturated carbocycles. The Labute approximate surface area is 107 Å². The van der Waals surface area contributed by atoms with Crippen LogP contribution in [0.15, 0.2) is 12.1 Å². The zero-order chi connectivity index (χ0) is 13.7. The van der Waals surface area contributed by atoms with Crippen LogP contribution in [-0.4, -0.2) is 31.6 Å². The monoisotopic (exact) mass is 258 g/mol. The molecule has 1 rings (SSSR count). The third kappa shape index (κ3) is 4.23. The first kappa shape index (κ1) is 14.9. The Kier molecular flexibility index (Phi) is 5.50. The van der Waals surface area contributed by atoms with Gasteiger partial charge in [-0.15, -0.1) is 0 Å². The third-order valence-electron chi connectivity index (χ3n) is 2.73. The van der Waals surface area contributed by atoms with Crippen molar-refractivity contribution in [2.75, 3.05) is 20.7 Å². The van der Waals surface area contributed by atoms with Gasteiger partial charge in [0.25, 0.3) is 0 Å². The highest BCUT2D eigenvalue weighted by Gasteiger charge is 2.12. The van der Waals surface area contributed by atoms with E-state index in [1.54, 1.807) is 0 Å². The first-order valence-corrected chi connectivity index (χ1v) is 5.90. The predicted octanol–water partition coefficient (Wildman–Crippen LogP) is 2.14. The molecular weight excluding hydrogens is 238 g/mol. The molecule has 0 aromatic heterocycles. The van der Waals surface area contributed by atoms with E-state index in [0.717, 1.165) is 19.0 Å². The number of nitrogens with zero attached hydrogens (tertiary/aromatic N) is 1. The van der Waals surface area contributed by atoms with Crippen LogP contribution in [0.4, 0.5) is 8.78 Å². The SMILES string of the molecule is COc1cc(F)c(CN(C)CCC(C)N)cc1F. The molecule has 0 saturated heterocycles. The van der Waals surface area contributed by atoms with Crippen LogP contribution in [-0.2, 0) is 6.54 Å². The lowest BCUT2D eigenvalue weighted by atomic mass is 10.1. The molecule has 0 radical (unpaired) electrons. The number of methoxy groups -OCH3 is 1. The van der Waals surface area contributed by atoms with Crippen LogP contribution >= 0.6 is 0 Å². The van der Waals surface area contributed by atoms with Crippen molar-refractivity contribution in [3.63, 3.8) is 0 Å². The van der Waals surface area contributed by atoms with Crippen LogP contribution in [0.3, 0.4) is 0 Å². The summed E-state index contributed by atoms with van der Waals surface area (Å²) in [4.78, 5) is 1.91. The number of nitrogens with two attached hydrogens (primary N) is 1. The summed E-state index contributed by atoms with van der Waals surface area (Å²) >= 11 is 0. The van der Waals surface area contributed by atoms with E-state index in [1.165, 1.54) is 13.2 Å². The van der Waals surface area contributed by atoms with E-state index in [2.05, 4.69) is 0 Å². The Hall–Kier alpha value is -1.20. The van der Waals surface area contributed by atoms with Crippen molar-refractivity contribution in [3.05, 3.63) is 29.3 Å². The van der Waals surface area contributed by atoms with E-state index in [1.807, 2.05) is 18.9 Å². The maximum absolute atomic E-state index is 13.7. The lowest BCUT2D eigenvalue weighted by Crippen LogP contribution is -2.26. The number of rotatable bonds is 6. The first-order valence-electron chi connectivity index (χ1n) is 5.90. The molecule has 18 heavy (non-hydrogen) atoms. The van der Waals surface area contributed by atoms with Crippen molar-refractivity contribution in [2.24, 2.45) is 5.73 Å². The van der Waals surface area contributed by atoms with Gasteiger partial charge in [0.15, 0.2) is 11.6 Å². The van der Waals surface area contributed by atoms with Gasteiger partial charge < -0.3 is 15.4 Å². The Balaban J connectivity index is 2.69. The largest absolute Gasteiger partial charge is 0.494 e. The van der Waals surface area contributed by atoms with Crippen molar-refractivity contribution >= 4 is 0 Å². The van der Waals surface area contributed by atoms with Crippen molar-refractivity contribution in [1.82, 2.24) is 4.90 Å². The van der Waals surface area contributed by atoms with Gasteiger partial charge in [-0.2, -0.15) is 0 Å². The van der Waals surface area contributed by atoms with Gasteiger partial charge in [-0.1, -0.05) is 0 Å². The second-order valence-corrected chi connectivity index (χ2v) is 4.58. The van der Waals surface area contributed by atoms with Crippen molar-refractivity contribution in [1.29, 1.82) is 0 Å². The predicted molar refractivity (Wildman–Crippen MR) is 67.5 cm³/mol. The second kappa shape index (κ2) is 6.66. The average molecular weight is 258 g/mol. The quantitative estimate of drug-likeness (QED) is 0.849. The Morgan fingerprint density at radius 3 is 2.56 bits per heavy atom. The summed E-state index contributed by atoms with van der Waals surface area (Å²) in [5.41, 5.74) is 5.97. The second-order valence-electron chi connectivity index (χ2n) is 4.58. The molecule has 1 aromatic rings. The zero-order valence-corrected chi connectivity index (χ0v) is 11.0. The van der Waals surface area contributed by atoms with Crippen LogP contribution in [0.1, 0.15) is 18.9 Å². The zero-order valence-electron chi connectivity index (χ0n) is 11.0. The minimum absolute atomic E-state index is 0.0746. The molecule has 0 aliphatic carbocycles. The van der Waals surface area contributed by atoms with Gasteiger partial charge in [-0.3, -0.25) is 0 Å². The van der Waals surface area contributed by atoms with Crippen LogP contribution in [0.2, 0.25) is 0 Å². The highest BCUT2D eigenvalue weighted by molar-refractivity contribution is 5.30. The van der Waals surface area contributed by atoms with Crippen LogP contribution in [0.25, 0.3) is 0 Å². The van der Waals surface area contributed by atoms with Crippen LogP contribution < -0.4 is 10.5 Å². The molecule has 0 fully saturated rings. The molecule has 1 aromatic carbocycles. The van der Waals surface area contributed by atoms with E-state index in [0.29, 0.717) is 12.1 Å². The topological polar surface area (TPSA) is 38.5 Å². The molecule has 5 heteroatoms. The number of hydrogen-bond donors (Lipinski definition) is 1.